The Labute approximate surface area is 91.8 Å². The Bertz CT molecular complexity index is 325. The first kappa shape index (κ1) is 9.87. The Hall–Kier alpha value is -0.670. The SMILES string of the molecule is O=C(c1ccccc1)C1CCC(Br)N1. The van der Waals surface area contributed by atoms with E-state index in [1.54, 1.807) is 0 Å². The van der Waals surface area contributed by atoms with E-state index in [2.05, 4.69) is 21.2 Å². The van der Waals surface area contributed by atoms with Gasteiger partial charge in [0.15, 0.2) is 5.78 Å². The Morgan fingerprint density at radius 3 is 2.57 bits per heavy atom. The minimum Gasteiger partial charge on any atom is -0.295 e. The zero-order chi connectivity index (χ0) is 9.97. The van der Waals surface area contributed by atoms with E-state index in [1.807, 2.05) is 30.3 Å². The van der Waals surface area contributed by atoms with Crippen LogP contribution < -0.4 is 5.32 Å². The summed E-state index contributed by atoms with van der Waals surface area (Å²) in [6.07, 6.45) is 1.94. The van der Waals surface area contributed by atoms with Crippen molar-refractivity contribution in [3.05, 3.63) is 35.9 Å². The number of alkyl halides is 1. The molecule has 2 rings (SSSR count). The molecule has 14 heavy (non-hydrogen) atoms. The van der Waals surface area contributed by atoms with Crippen molar-refractivity contribution in [3.63, 3.8) is 0 Å². The first-order valence-electron chi connectivity index (χ1n) is 4.77. The summed E-state index contributed by atoms with van der Waals surface area (Å²) in [4.78, 5) is 12.2. The smallest absolute Gasteiger partial charge is 0.179 e. The molecule has 1 aliphatic heterocycles. The number of halogens is 1. The summed E-state index contributed by atoms with van der Waals surface area (Å²) in [5.41, 5.74) is 0.798. The van der Waals surface area contributed by atoms with Gasteiger partial charge in [-0.25, -0.2) is 0 Å². The number of Topliss-reactive ketones (excluding diaryl/α,β-unsaturated/α-hetero) is 1. The van der Waals surface area contributed by atoms with Crippen molar-refractivity contribution in [1.29, 1.82) is 0 Å². The van der Waals surface area contributed by atoms with Gasteiger partial charge >= 0.3 is 0 Å². The van der Waals surface area contributed by atoms with Crippen LogP contribution in [-0.2, 0) is 0 Å². The Kier molecular flexibility index (Phi) is 2.99. The molecule has 0 amide bonds. The lowest BCUT2D eigenvalue weighted by atomic mass is 10.0. The van der Waals surface area contributed by atoms with E-state index in [0.717, 1.165) is 18.4 Å². The molecule has 1 heterocycles. The summed E-state index contributed by atoms with van der Waals surface area (Å²) < 4.78 is 0. The molecular formula is C11H12BrNO. The van der Waals surface area contributed by atoms with Gasteiger partial charge in [0.1, 0.15) is 0 Å². The van der Waals surface area contributed by atoms with E-state index in [-0.39, 0.29) is 11.8 Å². The number of ketones is 1. The number of nitrogens with one attached hydrogen (secondary N) is 1. The van der Waals surface area contributed by atoms with Crippen LogP contribution in [0.4, 0.5) is 0 Å². The number of hydrogen-bond donors (Lipinski definition) is 1. The normalized spacial score (nSPS) is 26.4. The maximum Gasteiger partial charge on any atom is 0.179 e. The monoisotopic (exact) mass is 253 g/mol. The van der Waals surface area contributed by atoms with Crippen molar-refractivity contribution < 1.29 is 4.79 Å². The van der Waals surface area contributed by atoms with Gasteiger partial charge in [-0.05, 0) is 12.8 Å². The molecule has 0 spiro atoms. The summed E-state index contributed by atoms with van der Waals surface area (Å²) in [6.45, 7) is 0. The van der Waals surface area contributed by atoms with Crippen molar-refractivity contribution in [2.24, 2.45) is 0 Å². The van der Waals surface area contributed by atoms with Gasteiger partial charge in [-0.3, -0.25) is 10.1 Å². The van der Waals surface area contributed by atoms with Crippen LogP contribution in [-0.4, -0.2) is 16.8 Å². The minimum atomic E-state index is -0.0122. The van der Waals surface area contributed by atoms with Gasteiger partial charge in [0.2, 0.25) is 0 Å². The van der Waals surface area contributed by atoms with E-state index in [0.29, 0.717) is 4.95 Å². The van der Waals surface area contributed by atoms with E-state index >= 15 is 0 Å². The molecule has 1 aromatic carbocycles. The van der Waals surface area contributed by atoms with Crippen LogP contribution in [0.1, 0.15) is 23.2 Å². The van der Waals surface area contributed by atoms with E-state index in [1.165, 1.54) is 0 Å². The summed E-state index contributed by atoms with van der Waals surface area (Å²) in [6, 6.07) is 9.44. The molecule has 2 unspecified atom stereocenters. The maximum atomic E-state index is 11.9. The van der Waals surface area contributed by atoms with Crippen LogP contribution in [0.25, 0.3) is 0 Å². The van der Waals surface area contributed by atoms with Crippen molar-refractivity contribution in [2.75, 3.05) is 0 Å². The number of hydrogen-bond acceptors (Lipinski definition) is 2. The molecular weight excluding hydrogens is 242 g/mol. The molecule has 1 saturated heterocycles. The highest BCUT2D eigenvalue weighted by Gasteiger charge is 2.27. The van der Waals surface area contributed by atoms with E-state index in [4.69, 9.17) is 0 Å². The molecule has 3 heteroatoms. The predicted octanol–water partition coefficient (Wildman–Crippen LogP) is 2.34. The zero-order valence-electron chi connectivity index (χ0n) is 7.74. The highest BCUT2D eigenvalue weighted by atomic mass is 79.9. The number of carbonyl (C=O) groups is 1. The molecule has 0 aromatic heterocycles. The van der Waals surface area contributed by atoms with Crippen molar-refractivity contribution >= 4 is 21.7 Å². The summed E-state index contributed by atoms with van der Waals surface area (Å²) in [5, 5.41) is 3.22. The van der Waals surface area contributed by atoms with Crippen LogP contribution >= 0.6 is 15.9 Å². The second-order valence-electron chi connectivity index (χ2n) is 3.49. The first-order valence-corrected chi connectivity index (χ1v) is 5.68. The lowest BCUT2D eigenvalue weighted by molar-refractivity contribution is 0.0952. The molecule has 0 bridgehead atoms. The average Bonchev–Trinajstić information content (AvgIpc) is 2.65. The van der Waals surface area contributed by atoms with Crippen LogP contribution in [0.15, 0.2) is 30.3 Å². The number of rotatable bonds is 2. The fourth-order valence-corrected chi connectivity index (χ4v) is 2.29. The molecule has 1 aromatic rings. The highest BCUT2D eigenvalue weighted by Crippen LogP contribution is 2.19. The van der Waals surface area contributed by atoms with Gasteiger partial charge in [-0.15, -0.1) is 0 Å². The fourth-order valence-electron chi connectivity index (χ4n) is 1.71. The van der Waals surface area contributed by atoms with Gasteiger partial charge < -0.3 is 0 Å². The molecule has 0 radical (unpaired) electrons. The Morgan fingerprint density at radius 2 is 2.00 bits per heavy atom. The van der Waals surface area contributed by atoms with E-state index < -0.39 is 0 Å². The summed E-state index contributed by atoms with van der Waals surface area (Å²) >= 11 is 3.46. The van der Waals surface area contributed by atoms with Crippen molar-refractivity contribution in [3.8, 4) is 0 Å². The van der Waals surface area contributed by atoms with Crippen LogP contribution in [0.5, 0.6) is 0 Å². The molecule has 1 N–H and O–H groups in total. The van der Waals surface area contributed by atoms with E-state index in [9.17, 15) is 4.79 Å². The van der Waals surface area contributed by atoms with Crippen LogP contribution in [0.3, 0.4) is 0 Å². The standard InChI is InChI=1S/C11H12BrNO/c12-10-7-6-9(13-10)11(14)8-4-2-1-3-5-8/h1-5,9-10,13H,6-7H2. The van der Waals surface area contributed by atoms with Gasteiger partial charge in [0, 0.05) is 5.56 Å². The van der Waals surface area contributed by atoms with Gasteiger partial charge in [0.05, 0.1) is 11.0 Å². The third-order valence-corrected chi connectivity index (χ3v) is 3.19. The Balaban J connectivity index is 2.10. The third kappa shape index (κ3) is 2.04. The third-order valence-electron chi connectivity index (χ3n) is 2.47. The van der Waals surface area contributed by atoms with Gasteiger partial charge in [0.25, 0.3) is 0 Å². The van der Waals surface area contributed by atoms with Crippen molar-refractivity contribution in [1.82, 2.24) is 5.32 Å². The van der Waals surface area contributed by atoms with Gasteiger partial charge in [-0.2, -0.15) is 0 Å². The topological polar surface area (TPSA) is 29.1 Å². The predicted molar refractivity (Wildman–Crippen MR) is 59.6 cm³/mol. The number of carbonyl (C=O) groups excluding carboxylic acids is 1. The second-order valence-corrected chi connectivity index (χ2v) is 4.60. The molecule has 1 fully saturated rings. The number of benzene rings is 1. The molecule has 2 nitrogen and oxygen atoms in total. The maximum absolute atomic E-state index is 11.9. The molecule has 0 aliphatic carbocycles. The zero-order valence-corrected chi connectivity index (χ0v) is 9.33. The van der Waals surface area contributed by atoms with Crippen LogP contribution in [0, 0.1) is 0 Å². The molecule has 2 atom stereocenters. The summed E-state index contributed by atoms with van der Waals surface area (Å²) in [7, 11) is 0. The largest absolute Gasteiger partial charge is 0.295 e. The second kappa shape index (κ2) is 4.24. The highest BCUT2D eigenvalue weighted by molar-refractivity contribution is 9.09. The fraction of sp³-hybridized carbons (Fsp3) is 0.364. The molecule has 0 saturated carbocycles. The lowest BCUT2D eigenvalue weighted by Crippen LogP contribution is -2.33. The minimum absolute atomic E-state index is 0.0122. The summed E-state index contributed by atoms with van der Waals surface area (Å²) in [5.74, 6) is 0.201. The quantitative estimate of drug-likeness (QED) is 0.498. The first-order chi connectivity index (χ1) is 6.77. The molecule has 1 aliphatic rings. The molecule has 74 valence electrons. The average molecular weight is 254 g/mol. The van der Waals surface area contributed by atoms with Crippen molar-refractivity contribution in [2.45, 2.75) is 23.8 Å². The van der Waals surface area contributed by atoms with Crippen LogP contribution in [0.2, 0.25) is 0 Å². The Morgan fingerprint density at radius 1 is 1.29 bits per heavy atom. The lowest BCUT2D eigenvalue weighted by Gasteiger charge is -2.09. The van der Waals surface area contributed by atoms with Gasteiger partial charge in [-0.1, -0.05) is 46.3 Å².